The summed E-state index contributed by atoms with van der Waals surface area (Å²) < 4.78 is 37.1. The third kappa shape index (κ3) is 8.53. The first kappa shape index (κ1) is 19.2. The second-order valence-electron chi connectivity index (χ2n) is 5.10. The third-order valence-electron chi connectivity index (χ3n) is 3.10. The predicted octanol–water partition coefficient (Wildman–Crippen LogP) is 2.10. The van der Waals surface area contributed by atoms with E-state index in [0.29, 0.717) is 32.0 Å². The largest absolute Gasteiger partial charge is 0.401 e. The lowest BCUT2D eigenvalue weighted by atomic mass is 10.3. The summed E-state index contributed by atoms with van der Waals surface area (Å²) in [6, 6.07) is 0.0148. The Morgan fingerprint density at radius 1 is 1.50 bits per heavy atom. The van der Waals surface area contributed by atoms with Crippen LogP contribution in [0.5, 0.6) is 0 Å². The van der Waals surface area contributed by atoms with Crippen molar-refractivity contribution in [3.63, 3.8) is 0 Å². The Balaban J connectivity index is 2.37. The van der Waals surface area contributed by atoms with Crippen LogP contribution >= 0.6 is 11.8 Å². The number of hydrogen-bond acceptors (Lipinski definition) is 3. The van der Waals surface area contributed by atoms with Crippen LogP contribution in [0, 0.1) is 0 Å². The Labute approximate surface area is 134 Å². The van der Waals surface area contributed by atoms with E-state index in [1.54, 1.807) is 11.8 Å². The van der Waals surface area contributed by atoms with E-state index in [2.05, 4.69) is 22.2 Å². The standard InChI is InChI=1S/C14H25F3N4S/c1-3-8-22-9-6-19-13(18-4-2)20-12-5-7-21(10-12)11-14(15,16)17/h3,12H,1,4-11H2,2H3,(H2,18,19,20). The van der Waals surface area contributed by atoms with E-state index >= 15 is 0 Å². The van der Waals surface area contributed by atoms with Gasteiger partial charge in [0.05, 0.1) is 13.1 Å². The number of nitrogens with zero attached hydrogens (tertiary/aromatic N) is 2. The van der Waals surface area contributed by atoms with Crippen molar-refractivity contribution < 1.29 is 13.2 Å². The molecular weight excluding hydrogens is 313 g/mol. The molecule has 0 amide bonds. The SMILES string of the molecule is C=CCSCCN=C(NCC)NC1CCN(CC(F)(F)F)C1. The average Bonchev–Trinajstić information content (AvgIpc) is 2.83. The second kappa shape index (κ2) is 9.99. The van der Waals surface area contributed by atoms with Crippen LogP contribution in [0.4, 0.5) is 13.2 Å². The summed E-state index contributed by atoms with van der Waals surface area (Å²) >= 11 is 1.75. The molecule has 0 aromatic heterocycles. The summed E-state index contributed by atoms with van der Waals surface area (Å²) in [7, 11) is 0. The molecule has 0 saturated carbocycles. The van der Waals surface area contributed by atoms with Gasteiger partial charge in [0.15, 0.2) is 5.96 Å². The molecule has 8 heteroatoms. The van der Waals surface area contributed by atoms with E-state index in [1.165, 1.54) is 4.90 Å². The highest BCUT2D eigenvalue weighted by atomic mass is 32.2. The van der Waals surface area contributed by atoms with Crippen LogP contribution in [0.2, 0.25) is 0 Å². The molecule has 1 heterocycles. The van der Waals surface area contributed by atoms with Crippen LogP contribution in [0.1, 0.15) is 13.3 Å². The lowest BCUT2D eigenvalue weighted by Gasteiger charge is -2.19. The van der Waals surface area contributed by atoms with Gasteiger partial charge in [-0.05, 0) is 13.3 Å². The van der Waals surface area contributed by atoms with Gasteiger partial charge in [0.25, 0.3) is 0 Å². The molecule has 2 N–H and O–H groups in total. The summed E-state index contributed by atoms with van der Waals surface area (Å²) in [5.41, 5.74) is 0. The first-order valence-corrected chi connectivity index (χ1v) is 8.62. The van der Waals surface area contributed by atoms with E-state index in [9.17, 15) is 13.2 Å². The van der Waals surface area contributed by atoms with Gasteiger partial charge in [0.1, 0.15) is 0 Å². The van der Waals surface area contributed by atoms with Crippen LogP contribution in [-0.2, 0) is 0 Å². The Hall–Kier alpha value is -0.890. The highest BCUT2D eigenvalue weighted by Gasteiger charge is 2.34. The van der Waals surface area contributed by atoms with Gasteiger partial charge in [-0.3, -0.25) is 9.89 Å². The van der Waals surface area contributed by atoms with E-state index in [1.807, 2.05) is 13.0 Å². The number of likely N-dealkylation sites (tertiary alicyclic amines) is 1. The lowest BCUT2D eigenvalue weighted by Crippen LogP contribution is -2.45. The topological polar surface area (TPSA) is 39.7 Å². The minimum absolute atomic E-state index is 0.0148. The van der Waals surface area contributed by atoms with Crippen molar-refractivity contribution in [3.8, 4) is 0 Å². The summed E-state index contributed by atoms with van der Waals surface area (Å²) in [5.74, 6) is 2.47. The van der Waals surface area contributed by atoms with E-state index in [-0.39, 0.29) is 6.04 Å². The number of nitrogens with one attached hydrogen (secondary N) is 2. The summed E-state index contributed by atoms with van der Waals surface area (Å²) in [5, 5.41) is 6.36. The molecule has 1 aliphatic heterocycles. The number of rotatable bonds is 8. The van der Waals surface area contributed by atoms with Gasteiger partial charge >= 0.3 is 6.18 Å². The monoisotopic (exact) mass is 338 g/mol. The van der Waals surface area contributed by atoms with E-state index in [4.69, 9.17) is 0 Å². The predicted molar refractivity (Wildman–Crippen MR) is 87.5 cm³/mol. The van der Waals surface area contributed by atoms with Crippen LogP contribution in [0.3, 0.4) is 0 Å². The molecule has 0 spiro atoms. The molecule has 1 fully saturated rings. The Bertz CT molecular complexity index is 360. The van der Waals surface area contributed by atoms with Gasteiger partial charge in [-0.25, -0.2) is 0 Å². The number of guanidine groups is 1. The third-order valence-corrected chi connectivity index (χ3v) is 4.04. The van der Waals surface area contributed by atoms with Gasteiger partial charge < -0.3 is 10.6 Å². The normalized spacial score (nSPS) is 20.2. The highest BCUT2D eigenvalue weighted by molar-refractivity contribution is 7.99. The fraction of sp³-hybridized carbons (Fsp3) is 0.786. The summed E-state index contributed by atoms with van der Waals surface area (Å²) in [6.07, 6.45) is -1.58. The van der Waals surface area contributed by atoms with Crippen molar-refractivity contribution in [1.29, 1.82) is 0 Å². The number of hydrogen-bond donors (Lipinski definition) is 2. The Kier molecular flexibility index (Phi) is 8.70. The van der Waals surface area contributed by atoms with Crippen LogP contribution in [-0.4, -0.2) is 67.3 Å². The molecule has 1 aliphatic rings. The van der Waals surface area contributed by atoms with Crippen molar-refractivity contribution in [2.45, 2.75) is 25.6 Å². The van der Waals surface area contributed by atoms with Gasteiger partial charge in [-0.2, -0.15) is 24.9 Å². The maximum atomic E-state index is 12.4. The second-order valence-corrected chi connectivity index (χ2v) is 6.25. The van der Waals surface area contributed by atoms with E-state index in [0.717, 1.165) is 18.1 Å². The maximum absolute atomic E-state index is 12.4. The molecule has 128 valence electrons. The number of aliphatic imine (C=N–C) groups is 1. The molecule has 0 radical (unpaired) electrons. The molecule has 1 unspecified atom stereocenters. The lowest BCUT2D eigenvalue weighted by molar-refractivity contribution is -0.143. The molecule has 4 nitrogen and oxygen atoms in total. The van der Waals surface area contributed by atoms with Gasteiger partial charge in [-0.1, -0.05) is 6.08 Å². The van der Waals surface area contributed by atoms with Crippen molar-refractivity contribution in [3.05, 3.63) is 12.7 Å². The van der Waals surface area contributed by atoms with Gasteiger partial charge in [0, 0.05) is 37.2 Å². The van der Waals surface area contributed by atoms with Crippen molar-refractivity contribution >= 4 is 17.7 Å². The molecule has 0 bridgehead atoms. The molecule has 1 rings (SSSR count). The molecule has 1 atom stereocenters. The minimum atomic E-state index is -4.13. The molecule has 0 aliphatic carbocycles. The zero-order valence-electron chi connectivity index (χ0n) is 13.0. The smallest absolute Gasteiger partial charge is 0.357 e. The van der Waals surface area contributed by atoms with Gasteiger partial charge in [0.2, 0.25) is 0 Å². The molecule has 0 aromatic carbocycles. The molecule has 0 aromatic rings. The van der Waals surface area contributed by atoms with Gasteiger partial charge in [-0.15, -0.1) is 6.58 Å². The fourth-order valence-electron chi connectivity index (χ4n) is 2.25. The van der Waals surface area contributed by atoms with Crippen LogP contribution < -0.4 is 10.6 Å². The van der Waals surface area contributed by atoms with Crippen molar-refractivity contribution in [1.82, 2.24) is 15.5 Å². The zero-order chi connectivity index (χ0) is 16.4. The summed E-state index contributed by atoms with van der Waals surface area (Å²) in [4.78, 5) is 5.88. The molecule has 1 saturated heterocycles. The fourth-order valence-corrected chi connectivity index (χ4v) is 2.80. The number of alkyl halides is 3. The first-order chi connectivity index (χ1) is 10.4. The maximum Gasteiger partial charge on any atom is 0.401 e. The molecule has 22 heavy (non-hydrogen) atoms. The Morgan fingerprint density at radius 2 is 2.27 bits per heavy atom. The van der Waals surface area contributed by atoms with Crippen LogP contribution in [0.25, 0.3) is 0 Å². The number of halogens is 3. The first-order valence-electron chi connectivity index (χ1n) is 7.47. The Morgan fingerprint density at radius 3 is 2.91 bits per heavy atom. The van der Waals surface area contributed by atoms with E-state index < -0.39 is 12.7 Å². The quantitative estimate of drug-likeness (QED) is 0.308. The zero-order valence-corrected chi connectivity index (χ0v) is 13.8. The van der Waals surface area contributed by atoms with Crippen molar-refractivity contribution in [2.24, 2.45) is 4.99 Å². The summed E-state index contributed by atoms with van der Waals surface area (Å²) in [6.45, 7) is 7.05. The van der Waals surface area contributed by atoms with Crippen molar-refractivity contribution in [2.75, 3.05) is 44.2 Å². The number of thioether (sulfide) groups is 1. The highest BCUT2D eigenvalue weighted by Crippen LogP contribution is 2.19. The minimum Gasteiger partial charge on any atom is -0.357 e. The van der Waals surface area contributed by atoms with Crippen LogP contribution in [0.15, 0.2) is 17.6 Å². The molecular formula is C14H25F3N4S. The average molecular weight is 338 g/mol.